The largest absolute Gasteiger partial charge is 0.384 e. The number of hydrogen-bond donors (Lipinski definition) is 1. The van der Waals surface area contributed by atoms with E-state index in [1.165, 1.54) is 0 Å². The molecule has 1 N–H and O–H groups in total. The van der Waals surface area contributed by atoms with Crippen LogP contribution in [0.5, 0.6) is 0 Å². The smallest absolute Gasteiger partial charge is 0.243 e. The van der Waals surface area contributed by atoms with Crippen LogP contribution in [0.25, 0.3) is 0 Å². The van der Waals surface area contributed by atoms with Gasteiger partial charge in [0.1, 0.15) is 0 Å². The van der Waals surface area contributed by atoms with Crippen LogP contribution in [0.2, 0.25) is 0 Å². The molecular formula is C18H27N3O4S. The molecule has 0 saturated carbocycles. The van der Waals surface area contributed by atoms with Crippen LogP contribution >= 0.6 is 0 Å². The number of hydrogen-bond acceptors (Lipinski definition) is 5. The second kappa shape index (κ2) is 8.04. The van der Waals surface area contributed by atoms with Crippen LogP contribution in [0.15, 0.2) is 35.2 Å². The first-order chi connectivity index (χ1) is 12.4. The minimum Gasteiger partial charge on any atom is -0.384 e. The monoisotopic (exact) mass is 381 g/mol. The molecule has 0 radical (unpaired) electrons. The third-order valence-electron chi connectivity index (χ3n) is 5.24. The highest BCUT2D eigenvalue weighted by Gasteiger charge is 2.44. The van der Waals surface area contributed by atoms with E-state index in [-0.39, 0.29) is 23.9 Å². The van der Waals surface area contributed by atoms with E-state index in [4.69, 9.17) is 4.74 Å². The van der Waals surface area contributed by atoms with Crippen molar-refractivity contribution in [3.63, 3.8) is 0 Å². The molecule has 4 atom stereocenters. The number of carbonyl (C=O) groups is 1. The van der Waals surface area contributed by atoms with Gasteiger partial charge in [-0.1, -0.05) is 25.1 Å². The molecule has 1 amide bonds. The van der Waals surface area contributed by atoms with E-state index in [2.05, 4.69) is 10.2 Å². The minimum absolute atomic E-state index is 0.00840. The summed E-state index contributed by atoms with van der Waals surface area (Å²) >= 11 is 0. The van der Waals surface area contributed by atoms with E-state index < -0.39 is 10.0 Å². The van der Waals surface area contributed by atoms with Gasteiger partial charge < -0.3 is 10.1 Å². The Morgan fingerprint density at radius 3 is 2.73 bits per heavy atom. The summed E-state index contributed by atoms with van der Waals surface area (Å²) < 4.78 is 32.8. The standard InChI is InChI=1S/C18H27N3O4S/c1-14(13-25-2)18(22)19-10-16-12-21(15-8-9-20(16)11-15)26(23,24)17-6-4-3-5-7-17/h3-7,14-16H,8-13H2,1-2H3,(H,19,22). The lowest BCUT2D eigenvalue weighted by Gasteiger charge is -2.39. The maximum atomic E-state index is 13.1. The van der Waals surface area contributed by atoms with E-state index in [1.807, 2.05) is 13.0 Å². The predicted molar refractivity (Wildman–Crippen MR) is 98.1 cm³/mol. The van der Waals surface area contributed by atoms with Gasteiger partial charge in [-0.15, -0.1) is 0 Å². The van der Waals surface area contributed by atoms with Gasteiger partial charge in [-0.3, -0.25) is 9.69 Å². The summed E-state index contributed by atoms with van der Waals surface area (Å²) in [7, 11) is -1.95. The van der Waals surface area contributed by atoms with Gasteiger partial charge in [0.05, 0.1) is 17.4 Å². The fourth-order valence-electron chi connectivity index (χ4n) is 3.74. The first kappa shape index (κ1) is 19.3. The molecule has 2 saturated heterocycles. The lowest BCUT2D eigenvalue weighted by molar-refractivity contribution is -0.126. The number of sulfonamides is 1. The van der Waals surface area contributed by atoms with Crippen LogP contribution in [-0.4, -0.2) is 75.5 Å². The zero-order chi connectivity index (χ0) is 18.7. The quantitative estimate of drug-likeness (QED) is 0.746. The van der Waals surface area contributed by atoms with Crippen molar-refractivity contribution >= 4 is 15.9 Å². The molecule has 0 spiro atoms. The van der Waals surface area contributed by atoms with Gasteiger partial charge in [0, 0.05) is 45.4 Å². The molecule has 7 nitrogen and oxygen atoms in total. The van der Waals surface area contributed by atoms with Crippen LogP contribution in [0.4, 0.5) is 0 Å². The molecule has 2 aliphatic rings. The van der Waals surface area contributed by atoms with Gasteiger partial charge in [-0.2, -0.15) is 4.31 Å². The van der Waals surface area contributed by atoms with Gasteiger partial charge in [0.25, 0.3) is 0 Å². The number of piperazine rings is 1. The normalized spacial score (nSPS) is 27.2. The van der Waals surface area contributed by atoms with Crippen molar-refractivity contribution < 1.29 is 17.9 Å². The van der Waals surface area contributed by atoms with Gasteiger partial charge in [0.2, 0.25) is 15.9 Å². The molecular weight excluding hydrogens is 354 g/mol. The fourth-order valence-corrected chi connectivity index (χ4v) is 5.45. The van der Waals surface area contributed by atoms with E-state index in [1.54, 1.807) is 35.7 Å². The van der Waals surface area contributed by atoms with Crippen molar-refractivity contribution in [1.29, 1.82) is 0 Å². The molecule has 1 aromatic carbocycles. The van der Waals surface area contributed by atoms with E-state index in [0.29, 0.717) is 24.6 Å². The predicted octanol–water partition coefficient (Wildman–Crippen LogP) is 0.533. The van der Waals surface area contributed by atoms with Crippen LogP contribution in [0.3, 0.4) is 0 Å². The van der Waals surface area contributed by atoms with Crippen LogP contribution in [0, 0.1) is 5.92 Å². The summed E-state index contributed by atoms with van der Waals surface area (Å²) in [5.74, 6) is -0.287. The number of amides is 1. The van der Waals surface area contributed by atoms with E-state index >= 15 is 0 Å². The Balaban J connectivity index is 1.69. The number of carbonyl (C=O) groups excluding carboxylic acids is 1. The summed E-state index contributed by atoms with van der Waals surface area (Å²) in [4.78, 5) is 14.8. The Kier molecular flexibility index (Phi) is 5.96. The molecule has 1 aromatic rings. The number of benzene rings is 1. The zero-order valence-corrected chi connectivity index (χ0v) is 16.1. The number of methoxy groups -OCH3 is 1. The highest BCUT2D eigenvalue weighted by atomic mass is 32.2. The summed E-state index contributed by atoms with van der Waals surface area (Å²) in [6.45, 7) is 4.62. The topological polar surface area (TPSA) is 79.0 Å². The number of nitrogens with one attached hydrogen (secondary N) is 1. The molecule has 2 heterocycles. The van der Waals surface area contributed by atoms with Crippen molar-refractivity contribution in [2.75, 3.05) is 39.9 Å². The van der Waals surface area contributed by atoms with E-state index in [0.717, 1.165) is 19.5 Å². The molecule has 8 heteroatoms. The molecule has 2 fully saturated rings. The summed E-state index contributed by atoms with van der Waals surface area (Å²) in [6, 6.07) is 8.58. The van der Waals surface area contributed by atoms with Crippen molar-refractivity contribution in [1.82, 2.24) is 14.5 Å². The average Bonchev–Trinajstić information content (AvgIpc) is 3.05. The first-order valence-corrected chi connectivity index (χ1v) is 10.4. The number of ether oxygens (including phenoxy) is 1. The summed E-state index contributed by atoms with van der Waals surface area (Å²) in [5.41, 5.74) is 0. The average molecular weight is 381 g/mol. The highest BCUT2D eigenvalue weighted by Crippen LogP contribution is 2.29. The zero-order valence-electron chi connectivity index (χ0n) is 15.3. The maximum Gasteiger partial charge on any atom is 0.243 e. The van der Waals surface area contributed by atoms with Crippen LogP contribution in [-0.2, 0) is 19.6 Å². The molecule has 4 unspecified atom stereocenters. The summed E-state index contributed by atoms with van der Waals surface area (Å²) in [5, 5.41) is 2.95. The van der Waals surface area contributed by atoms with Gasteiger partial charge in [0.15, 0.2) is 0 Å². The van der Waals surface area contributed by atoms with E-state index in [9.17, 15) is 13.2 Å². The lowest BCUT2D eigenvalue weighted by atomic mass is 10.1. The Bertz CT molecular complexity index is 725. The van der Waals surface area contributed by atoms with Gasteiger partial charge >= 0.3 is 0 Å². The molecule has 144 valence electrons. The summed E-state index contributed by atoms with van der Waals surface area (Å²) in [6.07, 6.45) is 0.830. The second-order valence-corrected chi connectivity index (χ2v) is 8.97. The SMILES string of the molecule is COCC(C)C(=O)NCC1CN(S(=O)(=O)c2ccccc2)C2CCN1C2. The Hall–Kier alpha value is -1.48. The van der Waals surface area contributed by atoms with Crippen LogP contribution < -0.4 is 5.32 Å². The molecule has 26 heavy (non-hydrogen) atoms. The molecule has 2 aliphatic heterocycles. The maximum absolute atomic E-state index is 13.1. The van der Waals surface area contributed by atoms with Crippen molar-refractivity contribution in [3.05, 3.63) is 30.3 Å². The molecule has 0 aliphatic carbocycles. The minimum atomic E-state index is -3.52. The highest BCUT2D eigenvalue weighted by molar-refractivity contribution is 7.89. The molecule has 0 aromatic heterocycles. The number of fused-ring (bicyclic) bond motifs is 2. The number of nitrogens with zero attached hydrogens (tertiary/aromatic N) is 2. The Morgan fingerprint density at radius 1 is 1.31 bits per heavy atom. The third-order valence-corrected chi connectivity index (χ3v) is 7.17. The van der Waals surface area contributed by atoms with Crippen LogP contribution in [0.1, 0.15) is 13.3 Å². The third kappa shape index (κ3) is 3.93. The van der Waals surface area contributed by atoms with Crippen molar-refractivity contribution in [3.8, 4) is 0 Å². The van der Waals surface area contributed by atoms with Gasteiger partial charge in [-0.05, 0) is 18.6 Å². The Labute approximate surface area is 155 Å². The number of rotatable bonds is 7. The fraction of sp³-hybridized carbons (Fsp3) is 0.611. The van der Waals surface area contributed by atoms with Crippen molar-refractivity contribution in [2.24, 2.45) is 5.92 Å². The molecule has 2 bridgehead atoms. The Morgan fingerprint density at radius 2 is 2.04 bits per heavy atom. The first-order valence-electron chi connectivity index (χ1n) is 9.01. The van der Waals surface area contributed by atoms with Gasteiger partial charge in [-0.25, -0.2) is 8.42 Å². The lowest BCUT2D eigenvalue weighted by Crippen LogP contribution is -2.57. The van der Waals surface area contributed by atoms with Crippen molar-refractivity contribution in [2.45, 2.75) is 30.3 Å². The molecule has 3 rings (SSSR count). The second-order valence-electron chi connectivity index (χ2n) is 7.08.